The van der Waals surface area contributed by atoms with Crippen molar-refractivity contribution >= 4 is 34.7 Å². The van der Waals surface area contributed by atoms with Crippen molar-refractivity contribution in [2.24, 2.45) is 0 Å². The van der Waals surface area contributed by atoms with E-state index in [1.54, 1.807) is 32.9 Å². The fourth-order valence-electron chi connectivity index (χ4n) is 4.60. The lowest BCUT2D eigenvalue weighted by Gasteiger charge is -2.24. The summed E-state index contributed by atoms with van der Waals surface area (Å²) in [5.41, 5.74) is 1.62. The second kappa shape index (κ2) is 14.1. The van der Waals surface area contributed by atoms with Crippen molar-refractivity contribution in [1.29, 1.82) is 0 Å². The van der Waals surface area contributed by atoms with Crippen LogP contribution in [0.15, 0.2) is 52.9 Å². The molecule has 1 fully saturated rings. The number of nitrogens with zero attached hydrogens (tertiary/aromatic N) is 1. The van der Waals surface area contributed by atoms with Crippen LogP contribution in [0.4, 0.5) is 4.79 Å². The molecule has 11 heteroatoms. The van der Waals surface area contributed by atoms with E-state index in [0.717, 1.165) is 5.56 Å². The van der Waals surface area contributed by atoms with Crippen LogP contribution in [-0.4, -0.2) is 59.0 Å². The van der Waals surface area contributed by atoms with Gasteiger partial charge in [0.2, 0.25) is 11.8 Å². The zero-order valence-electron chi connectivity index (χ0n) is 23.7. The van der Waals surface area contributed by atoms with E-state index in [1.807, 2.05) is 36.4 Å². The first kappa shape index (κ1) is 30.8. The number of amides is 2. The van der Waals surface area contributed by atoms with Gasteiger partial charge >= 0.3 is 6.09 Å². The van der Waals surface area contributed by atoms with Gasteiger partial charge < -0.3 is 34.9 Å². The first-order valence-corrected chi connectivity index (χ1v) is 14.4. The Morgan fingerprint density at radius 3 is 2.66 bits per heavy atom. The van der Waals surface area contributed by atoms with Gasteiger partial charge in [-0.1, -0.05) is 35.9 Å². The van der Waals surface area contributed by atoms with Crippen LogP contribution in [0, 0.1) is 0 Å². The Balaban J connectivity index is 1.32. The number of para-hydroxylation sites is 2. The van der Waals surface area contributed by atoms with Gasteiger partial charge in [-0.05, 0) is 76.3 Å². The number of halogens is 1. The molecule has 1 aromatic heterocycles. The lowest BCUT2D eigenvalue weighted by molar-refractivity contribution is -0.124. The van der Waals surface area contributed by atoms with E-state index in [0.29, 0.717) is 61.5 Å². The SMILES string of the molecule is CC(C)(C)OC(=O)NCCCC[C@H](NC(=O)[C@@H]1C[C@@H](OCc2ccc(Cl)cc2)CN1)C(O)c1nc2ccccc2o1. The molecule has 4 atom stereocenters. The molecule has 0 bridgehead atoms. The van der Waals surface area contributed by atoms with Crippen LogP contribution in [-0.2, 0) is 20.9 Å². The number of benzene rings is 2. The number of fused-ring (bicyclic) bond motifs is 1. The first-order chi connectivity index (χ1) is 19.6. The highest BCUT2D eigenvalue weighted by Gasteiger charge is 2.34. The van der Waals surface area contributed by atoms with Crippen molar-refractivity contribution in [3.8, 4) is 0 Å². The van der Waals surface area contributed by atoms with Crippen LogP contribution in [0.3, 0.4) is 0 Å². The molecule has 2 heterocycles. The molecule has 4 N–H and O–H groups in total. The fraction of sp³-hybridized carbons (Fsp3) is 0.500. The smallest absolute Gasteiger partial charge is 0.407 e. The van der Waals surface area contributed by atoms with Gasteiger partial charge in [-0.2, -0.15) is 0 Å². The second-order valence-electron chi connectivity index (χ2n) is 11.3. The maximum absolute atomic E-state index is 13.3. The zero-order valence-corrected chi connectivity index (χ0v) is 24.4. The molecule has 0 spiro atoms. The molecular weight excluding hydrogens is 548 g/mol. The number of hydrogen-bond acceptors (Lipinski definition) is 8. The number of alkyl carbamates (subject to hydrolysis) is 1. The Kier molecular flexibility index (Phi) is 10.6. The van der Waals surface area contributed by atoms with E-state index in [9.17, 15) is 14.7 Å². The van der Waals surface area contributed by atoms with E-state index < -0.39 is 29.9 Å². The molecule has 222 valence electrons. The van der Waals surface area contributed by atoms with Gasteiger partial charge in [0.25, 0.3) is 0 Å². The molecule has 2 amide bonds. The van der Waals surface area contributed by atoms with Gasteiger partial charge in [0.05, 0.1) is 24.8 Å². The highest BCUT2D eigenvalue weighted by Crippen LogP contribution is 2.25. The number of aliphatic hydroxyl groups is 1. The molecule has 0 saturated carbocycles. The van der Waals surface area contributed by atoms with Crippen molar-refractivity contribution in [2.45, 2.75) is 83.0 Å². The van der Waals surface area contributed by atoms with Crippen molar-refractivity contribution in [3.63, 3.8) is 0 Å². The number of nitrogens with one attached hydrogen (secondary N) is 3. The van der Waals surface area contributed by atoms with Gasteiger partial charge in [0.15, 0.2) is 11.7 Å². The van der Waals surface area contributed by atoms with E-state index in [-0.39, 0.29) is 17.9 Å². The molecule has 0 aliphatic carbocycles. The molecule has 2 aromatic carbocycles. The van der Waals surface area contributed by atoms with Crippen LogP contribution in [0.5, 0.6) is 0 Å². The van der Waals surface area contributed by atoms with Gasteiger partial charge in [0.1, 0.15) is 11.1 Å². The predicted molar refractivity (Wildman–Crippen MR) is 155 cm³/mol. The summed E-state index contributed by atoms with van der Waals surface area (Å²) in [6.45, 7) is 6.79. The van der Waals surface area contributed by atoms with Gasteiger partial charge in [-0.15, -0.1) is 0 Å². The average Bonchev–Trinajstić information content (AvgIpc) is 3.58. The Hall–Kier alpha value is -3.18. The van der Waals surface area contributed by atoms with Gasteiger partial charge in [-0.3, -0.25) is 4.79 Å². The Labute approximate surface area is 245 Å². The topological polar surface area (TPSA) is 135 Å². The molecule has 4 rings (SSSR count). The standard InChI is InChI=1S/C30H39ClN4O6/c1-30(2,3)41-29(38)32-15-7-6-9-23(26(36)28-35-22-8-4-5-10-25(22)40-28)34-27(37)24-16-21(17-33-24)39-18-19-11-13-20(31)14-12-19/h4-5,8,10-14,21,23-24,26,33,36H,6-7,9,15-18H2,1-3H3,(H,32,38)(H,34,37)/t21-,23+,24+,26?/m1/s1. The van der Waals surface area contributed by atoms with E-state index in [2.05, 4.69) is 20.9 Å². The van der Waals surface area contributed by atoms with Gasteiger partial charge in [-0.25, -0.2) is 9.78 Å². The summed E-state index contributed by atoms with van der Waals surface area (Å²) in [5.74, 6) is -0.0819. The third-order valence-corrected chi connectivity index (χ3v) is 6.94. The van der Waals surface area contributed by atoms with E-state index >= 15 is 0 Å². The van der Waals surface area contributed by atoms with Crippen LogP contribution in [0.25, 0.3) is 11.1 Å². The fourth-order valence-corrected chi connectivity index (χ4v) is 4.73. The number of oxazole rings is 1. The third kappa shape index (κ3) is 9.43. The van der Waals surface area contributed by atoms with Crippen molar-refractivity contribution in [1.82, 2.24) is 20.9 Å². The lowest BCUT2D eigenvalue weighted by atomic mass is 10.0. The number of rotatable bonds is 12. The first-order valence-electron chi connectivity index (χ1n) is 14.0. The highest BCUT2D eigenvalue weighted by atomic mass is 35.5. The summed E-state index contributed by atoms with van der Waals surface area (Å²) in [7, 11) is 0. The normalized spacial score (nSPS) is 18.7. The van der Waals surface area contributed by atoms with Crippen LogP contribution in [0.2, 0.25) is 5.02 Å². The lowest BCUT2D eigenvalue weighted by Crippen LogP contribution is -2.47. The number of aliphatic hydroxyl groups excluding tert-OH is 1. The number of ether oxygens (including phenoxy) is 2. The monoisotopic (exact) mass is 586 g/mol. The van der Waals surface area contributed by atoms with Crippen LogP contribution in [0.1, 0.15) is 64.0 Å². The summed E-state index contributed by atoms with van der Waals surface area (Å²) >= 11 is 5.95. The number of unbranched alkanes of at least 4 members (excludes halogenated alkanes) is 1. The number of aromatic nitrogens is 1. The summed E-state index contributed by atoms with van der Waals surface area (Å²) in [6.07, 6.45) is 0.464. The molecular formula is C30H39ClN4O6. The number of carbonyl (C=O) groups excluding carboxylic acids is 2. The molecule has 3 aromatic rings. The molecule has 1 aliphatic heterocycles. The predicted octanol–water partition coefficient (Wildman–Crippen LogP) is 4.64. The number of hydrogen-bond donors (Lipinski definition) is 4. The van der Waals surface area contributed by atoms with E-state index in [4.69, 9.17) is 25.5 Å². The third-order valence-electron chi connectivity index (χ3n) is 6.69. The van der Waals surface area contributed by atoms with Crippen LogP contribution < -0.4 is 16.0 Å². The summed E-state index contributed by atoms with van der Waals surface area (Å²) < 4.78 is 17.1. The minimum atomic E-state index is -1.15. The second-order valence-corrected chi connectivity index (χ2v) is 11.7. The Morgan fingerprint density at radius 1 is 1.17 bits per heavy atom. The van der Waals surface area contributed by atoms with Crippen LogP contribution >= 0.6 is 11.6 Å². The van der Waals surface area contributed by atoms with Crippen molar-refractivity contribution in [3.05, 3.63) is 65.0 Å². The Bertz CT molecular complexity index is 1260. The molecule has 41 heavy (non-hydrogen) atoms. The minimum absolute atomic E-state index is 0.124. The van der Waals surface area contributed by atoms with E-state index in [1.165, 1.54) is 0 Å². The minimum Gasteiger partial charge on any atom is -0.444 e. The molecule has 1 unspecified atom stereocenters. The van der Waals surface area contributed by atoms with Crippen molar-refractivity contribution < 1.29 is 28.6 Å². The van der Waals surface area contributed by atoms with Crippen molar-refractivity contribution in [2.75, 3.05) is 13.1 Å². The molecule has 1 aliphatic rings. The molecule has 1 saturated heterocycles. The largest absolute Gasteiger partial charge is 0.444 e. The summed E-state index contributed by atoms with van der Waals surface area (Å²) in [4.78, 5) is 29.6. The van der Waals surface area contributed by atoms with Gasteiger partial charge in [0, 0.05) is 18.1 Å². The summed E-state index contributed by atoms with van der Waals surface area (Å²) in [6, 6.07) is 13.6. The maximum Gasteiger partial charge on any atom is 0.407 e. The highest BCUT2D eigenvalue weighted by molar-refractivity contribution is 6.30. The summed E-state index contributed by atoms with van der Waals surface area (Å²) in [5, 5.41) is 20.8. The maximum atomic E-state index is 13.3. The number of carbonyl (C=O) groups is 2. The Morgan fingerprint density at radius 2 is 1.93 bits per heavy atom. The average molecular weight is 587 g/mol. The molecule has 10 nitrogen and oxygen atoms in total. The zero-order chi connectivity index (χ0) is 29.4. The quantitative estimate of drug-likeness (QED) is 0.225. The molecule has 0 radical (unpaired) electrons.